The van der Waals surface area contributed by atoms with Gasteiger partial charge in [-0.1, -0.05) is 17.3 Å². The molecule has 0 spiro atoms. The van der Waals surface area contributed by atoms with Crippen molar-refractivity contribution in [2.45, 2.75) is 63.1 Å². The summed E-state index contributed by atoms with van der Waals surface area (Å²) in [6.07, 6.45) is 0.259. The quantitative estimate of drug-likeness (QED) is 0.730. The van der Waals surface area contributed by atoms with Gasteiger partial charge in [0.2, 0.25) is 0 Å². The predicted octanol–water partition coefficient (Wildman–Crippen LogP) is 4.77. The SMILES string of the molecule is CN[C@@H]1CC[C@H](OCc2c(-c3ccccc3OC(F)(F)F)noc2C2CC2)C1. The molecule has 2 fully saturated rings. The van der Waals surface area contributed by atoms with E-state index in [9.17, 15) is 13.2 Å². The van der Waals surface area contributed by atoms with Gasteiger partial charge in [-0.3, -0.25) is 0 Å². The Morgan fingerprint density at radius 3 is 2.64 bits per heavy atom. The first-order chi connectivity index (χ1) is 13.4. The van der Waals surface area contributed by atoms with Crippen molar-refractivity contribution < 1.29 is 27.2 Å². The second-order valence-corrected chi connectivity index (χ2v) is 7.42. The molecule has 152 valence electrons. The second kappa shape index (κ2) is 7.75. The lowest BCUT2D eigenvalue weighted by atomic mass is 10.0. The van der Waals surface area contributed by atoms with Gasteiger partial charge in [-0.2, -0.15) is 0 Å². The normalized spacial score (nSPS) is 22.6. The van der Waals surface area contributed by atoms with Gasteiger partial charge in [0.05, 0.1) is 12.7 Å². The van der Waals surface area contributed by atoms with Gasteiger partial charge in [0.15, 0.2) is 0 Å². The fourth-order valence-corrected chi connectivity index (χ4v) is 3.77. The lowest BCUT2D eigenvalue weighted by Crippen LogP contribution is -2.22. The van der Waals surface area contributed by atoms with Gasteiger partial charge < -0.3 is 19.3 Å². The zero-order chi connectivity index (χ0) is 19.7. The van der Waals surface area contributed by atoms with E-state index in [1.165, 1.54) is 12.1 Å². The van der Waals surface area contributed by atoms with Crippen LogP contribution in [0.4, 0.5) is 13.2 Å². The first-order valence-corrected chi connectivity index (χ1v) is 9.57. The fraction of sp³-hybridized carbons (Fsp3) is 0.550. The molecule has 2 saturated carbocycles. The molecule has 0 bridgehead atoms. The highest BCUT2D eigenvalue weighted by molar-refractivity contribution is 5.70. The number of alkyl halides is 3. The van der Waals surface area contributed by atoms with Crippen LogP contribution in [0.5, 0.6) is 5.75 Å². The zero-order valence-corrected chi connectivity index (χ0v) is 15.6. The minimum Gasteiger partial charge on any atom is -0.405 e. The molecule has 5 nitrogen and oxygen atoms in total. The molecular formula is C20H23F3N2O3. The number of nitrogens with zero attached hydrogens (tertiary/aromatic N) is 1. The van der Waals surface area contributed by atoms with E-state index in [1.54, 1.807) is 12.1 Å². The number of ether oxygens (including phenoxy) is 2. The van der Waals surface area contributed by atoms with Gasteiger partial charge in [0.25, 0.3) is 0 Å². The smallest absolute Gasteiger partial charge is 0.405 e. The van der Waals surface area contributed by atoms with Crippen LogP contribution in [0.3, 0.4) is 0 Å². The molecule has 28 heavy (non-hydrogen) atoms. The largest absolute Gasteiger partial charge is 0.573 e. The number of nitrogens with one attached hydrogen (secondary N) is 1. The van der Waals surface area contributed by atoms with Gasteiger partial charge in [0.1, 0.15) is 17.2 Å². The Morgan fingerprint density at radius 1 is 1.18 bits per heavy atom. The van der Waals surface area contributed by atoms with Gasteiger partial charge in [0, 0.05) is 23.1 Å². The van der Waals surface area contributed by atoms with Crippen molar-refractivity contribution in [3.05, 3.63) is 35.6 Å². The number of benzene rings is 1. The number of halogens is 3. The van der Waals surface area contributed by atoms with Crippen LogP contribution >= 0.6 is 0 Å². The minimum atomic E-state index is -4.78. The van der Waals surface area contributed by atoms with E-state index in [1.807, 2.05) is 7.05 Å². The third-order valence-corrected chi connectivity index (χ3v) is 5.39. The summed E-state index contributed by atoms with van der Waals surface area (Å²) >= 11 is 0. The van der Waals surface area contributed by atoms with E-state index >= 15 is 0 Å². The van der Waals surface area contributed by atoms with Crippen LogP contribution in [0.25, 0.3) is 11.3 Å². The van der Waals surface area contributed by atoms with Gasteiger partial charge in [-0.05, 0) is 51.3 Å². The molecule has 0 unspecified atom stereocenters. The molecule has 2 aliphatic rings. The lowest BCUT2D eigenvalue weighted by Gasteiger charge is -2.15. The highest BCUT2D eigenvalue weighted by Crippen LogP contribution is 2.45. The topological polar surface area (TPSA) is 56.5 Å². The van der Waals surface area contributed by atoms with Crippen LogP contribution in [0.2, 0.25) is 0 Å². The molecule has 8 heteroatoms. The Bertz CT molecular complexity index is 817. The summed E-state index contributed by atoms with van der Waals surface area (Å²) in [5.74, 6) is 0.701. The first-order valence-electron chi connectivity index (χ1n) is 9.57. The Labute approximate surface area is 161 Å². The monoisotopic (exact) mass is 396 g/mol. The maximum Gasteiger partial charge on any atom is 0.573 e. The van der Waals surface area contributed by atoms with E-state index in [4.69, 9.17) is 9.26 Å². The molecule has 1 N–H and O–H groups in total. The van der Waals surface area contributed by atoms with Crippen molar-refractivity contribution in [1.82, 2.24) is 10.5 Å². The van der Waals surface area contributed by atoms with E-state index in [-0.39, 0.29) is 29.9 Å². The first kappa shape index (κ1) is 19.3. The van der Waals surface area contributed by atoms with Crippen LogP contribution in [0.1, 0.15) is 49.3 Å². The summed E-state index contributed by atoms with van der Waals surface area (Å²) in [5.41, 5.74) is 1.35. The summed E-state index contributed by atoms with van der Waals surface area (Å²) in [7, 11) is 1.94. The Kier molecular flexibility index (Phi) is 5.33. The van der Waals surface area contributed by atoms with Crippen molar-refractivity contribution in [1.29, 1.82) is 0 Å². The summed E-state index contributed by atoms with van der Waals surface area (Å²) in [6, 6.07) is 6.44. The van der Waals surface area contributed by atoms with Crippen molar-refractivity contribution in [2.24, 2.45) is 0 Å². The zero-order valence-electron chi connectivity index (χ0n) is 15.6. The molecule has 2 atom stereocenters. The van der Waals surface area contributed by atoms with Crippen LogP contribution in [-0.4, -0.2) is 30.7 Å². The van der Waals surface area contributed by atoms with Gasteiger partial charge in [-0.25, -0.2) is 0 Å². The third kappa shape index (κ3) is 4.33. The molecule has 0 radical (unpaired) electrons. The van der Waals surface area contributed by atoms with Crippen LogP contribution in [-0.2, 0) is 11.3 Å². The van der Waals surface area contributed by atoms with E-state index in [0.717, 1.165) is 43.4 Å². The third-order valence-electron chi connectivity index (χ3n) is 5.39. The Hall–Kier alpha value is -2.06. The molecule has 1 heterocycles. The van der Waals surface area contributed by atoms with Crippen molar-refractivity contribution >= 4 is 0 Å². The molecular weight excluding hydrogens is 373 g/mol. The summed E-state index contributed by atoms with van der Waals surface area (Å²) in [5, 5.41) is 7.36. The van der Waals surface area contributed by atoms with E-state index < -0.39 is 6.36 Å². The predicted molar refractivity (Wildman–Crippen MR) is 95.9 cm³/mol. The maximum atomic E-state index is 12.8. The molecule has 2 aromatic rings. The van der Waals surface area contributed by atoms with Crippen LogP contribution < -0.4 is 10.1 Å². The Morgan fingerprint density at radius 2 is 1.96 bits per heavy atom. The molecule has 4 rings (SSSR count). The van der Waals surface area contributed by atoms with Crippen LogP contribution in [0.15, 0.2) is 28.8 Å². The van der Waals surface area contributed by atoms with Gasteiger partial charge >= 0.3 is 6.36 Å². The average molecular weight is 396 g/mol. The second-order valence-electron chi connectivity index (χ2n) is 7.42. The van der Waals surface area contributed by atoms with Crippen molar-refractivity contribution in [3.8, 4) is 17.0 Å². The average Bonchev–Trinajstić information content (AvgIpc) is 3.24. The van der Waals surface area contributed by atoms with Crippen LogP contribution in [0, 0.1) is 0 Å². The number of para-hydroxylation sites is 1. The number of hydrogen-bond donors (Lipinski definition) is 1. The molecule has 1 aromatic carbocycles. The maximum absolute atomic E-state index is 12.8. The van der Waals surface area contributed by atoms with Crippen molar-refractivity contribution in [3.63, 3.8) is 0 Å². The van der Waals surface area contributed by atoms with Gasteiger partial charge in [-0.15, -0.1) is 13.2 Å². The lowest BCUT2D eigenvalue weighted by molar-refractivity contribution is -0.274. The molecule has 2 aliphatic carbocycles. The minimum absolute atomic E-state index is 0.119. The molecule has 0 amide bonds. The highest BCUT2D eigenvalue weighted by atomic mass is 19.4. The number of hydrogen-bond acceptors (Lipinski definition) is 5. The molecule has 0 saturated heterocycles. The number of rotatable bonds is 7. The van der Waals surface area contributed by atoms with E-state index in [2.05, 4.69) is 15.2 Å². The fourth-order valence-electron chi connectivity index (χ4n) is 3.77. The summed E-state index contributed by atoms with van der Waals surface area (Å²) in [4.78, 5) is 0. The van der Waals surface area contributed by atoms with E-state index in [0.29, 0.717) is 11.7 Å². The summed E-state index contributed by atoms with van der Waals surface area (Å²) < 4.78 is 54.3. The van der Waals surface area contributed by atoms with Crippen molar-refractivity contribution in [2.75, 3.05) is 7.05 Å². The molecule has 1 aromatic heterocycles. The molecule has 0 aliphatic heterocycles. The highest BCUT2D eigenvalue weighted by Gasteiger charge is 2.36. The number of aromatic nitrogens is 1. The standard InChI is InChI=1S/C20H23F3N2O3/c1-24-13-8-9-14(10-13)26-11-16-18(25-28-19(16)12-6-7-12)15-4-2-3-5-17(15)27-20(21,22)23/h2-5,12-14,24H,6-11H2,1H3/t13-,14+/m1/s1. The summed E-state index contributed by atoms with van der Waals surface area (Å²) in [6.45, 7) is 0.270. The Balaban J connectivity index is 1.60.